The van der Waals surface area contributed by atoms with Crippen LogP contribution >= 0.6 is 23.2 Å². The Hall–Kier alpha value is -2.42. The van der Waals surface area contributed by atoms with Crippen LogP contribution in [0.4, 0.5) is 0 Å². The van der Waals surface area contributed by atoms with Crippen molar-refractivity contribution in [2.75, 3.05) is 0 Å². The molecule has 0 amide bonds. The molecular formula is C34H14Cl2Na2O8S2. The van der Waals surface area contributed by atoms with Crippen molar-refractivity contribution < 1.29 is 93.4 Å². The number of benzene rings is 9. The van der Waals surface area contributed by atoms with Crippen LogP contribution in [0.1, 0.15) is 0 Å². The maximum Gasteiger partial charge on any atom is 1.00 e. The van der Waals surface area contributed by atoms with Gasteiger partial charge in [0, 0.05) is 32.3 Å². The summed E-state index contributed by atoms with van der Waals surface area (Å²) >= 11 is 12.9. The summed E-state index contributed by atoms with van der Waals surface area (Å²) in [5, 5.41) is 10.9. The quantitative estimate of drug-likeness (QED) is 0.0889. The van der Waals surface area contributed by atoms with Gasteiger partial charge in [0.1, 0.15) is 0 Å². The van der Waals surface area contributed by atoms with Crippen LogP contribution < -0.4 is 67.5 Å². The number of halogens is 2. The molecule has 0 N–H and O–H groups in total. The second-order valence-corrected chi connectivity index (χ2v) is 13.9. The van der Waals surface area contributed by atoms with Crippen molar-refractivity contribution in [1.29, 1.82) is 0 Å². The van der Waals surface area contributed by atoms with Gasteiger partial charge in [0.25, 0.3) is 20.8 Å². The first-order valence-corrected chi connectivity index (χ1v) is 17.2. The van der Waals surface area contributed by atoms with Crippen LogP contribution in [0, 0.1) is 0 Å². The predicted octanol–water partition coefficient (Wildman–Crippen LogP) is 2.78. The van der Waals surface area contributed by atoms with Crippen molar-refractivity contribution in [2.24, 2.45) is 0 Å². The van der Waals surface area contributed by atoms with E-state index >= 15 is 0 Å². The zero-order valence-corrected chi connectivity index (χ0v) is 32.1. The summed E-state index contributed by atoms with van der Waals surface area (Å²) in [7, 11) is -10.3. The molecule has 0 spiro atoms. The SMILES string of the molecule is O=S(=O)([O-])Oc1c2ccccc2c2ccc3c4ccc5c(OS(=O)(=O)[O-])c6c(Cl)c(Cl)ccc6c6ccc(c7ccc1c2c37)c4c56.[Na+].[Na+]. The summed E-state index contributed by atoms with van der Waals surface area (Å²) in [6, 6.07) is 25.3. The fraction of sp³-hybridized carbons (Fsp3) is 0. The van der Waals surface area contributed by atoms with Gasteiger partial charge >= 0.3 is 59.1 Å². The molecule has 0 aliphatic heterocycles. The Balaban J connectivity index is 0.00000182. The van der Waals surface area contributed by atoms with Gasteiger partial charge in [-0.05, 0) is 72.1 Å². The average molecular weight is 731 g/mol. The standard InChI is InChI=1S/C34H16Cl2O8S2.2Na/c35-26-14-13-22-21-8-7-18-19-9-11-24-29-16(15-3-1-2-4-23(15)33(24)43-45(37,38)39)5-6-17(27(19)29)20-10-12-25(30(21)28(18)20)34(31(22)32(26)36)44-46(40,41)42;;/h1-14H,(H,37,38,39)(H,40,41,42);;/q;2*+1/p-2. The topological polar surface area (TPSA) is 133 Å². The van der Waals surface area contributed by atoms with E-state index in [0.29, 0.717) is 26.9 Å². The summed E-state index contributed by atoms with van der Waals surface area (Å²) < 4.78 is 81.8. The summed E-state index contributed by atoms with van der Waals surface area (Å²) in [5.74, 6) is -0.253. The molecule has 0 heterocycles. The van der Waals surface area contributed by atoms with Crippen molar-refractivity contribution in [2.45, 2.75) is 0 Å². The molecular weight excluding hydrogens is 717 g/mol. The molecule has 9 aromatic carbocycles. The van der Waals surface area contributed by atoms with Gasteiger partial charge in [0.05, 0.1) is 10.0 Å². The van der Waals surface area contributed by atoms with Crippen molar-refractivity contribution >= 4 is 130 Å². The average Bonchev–Trinajstić information content (AvgIpc) is 3.01. The first-order chi connectivity index (χ1) is 21.9. The molecule has 8 nitrogen and oxygen atoms in total. The fourth-order valence-corrected chi connectivity index (χ4v) is 8.46. The molecule has 0 saturated heterocycles. The first kappa shape index (κ1) is 34.0. The molecule has 0 aromatic heterocycles. The Morgan fingerprint density at radius 2 is 0.750 bits per heavy atom. The molecule has 9 rings (SSSR count). The van der Waals surface area contributed by atoms with E-state index in [9.17, 15) is 25.9 Å². The smallest absolute Gasteiger partial charge is 0.716 e. The second-order valence-electron chi connectivity index (χ2n) is 11.1. The van der Waals surface area contributed by atoms with E-state index in [0.717, 1.165) is 53.9 Å². The molecule has 0 aliphatic rings. The Morgan fingerprint density at radius 1 is 0.417 bits per heavy atom. The molecule has 9 aromatic rings. The van der Waals surface area contributed by atoms with Gasteiger partial charge in [-0.15, -0.1) is 0 Å². The zero-order valence-electron chi connectivity index (χ0n) is 24.9. The molecule has 0 aliphatic carbocycles. The first-order valence-electron chi connectivity index (χ1n) is 13.8. The molecule has 14 heteroatoms. The number of rotatable bonds is 4. The number of hydrogen-bond donors (Lipinski definition) is 0. The molecule has 0 fully saturated rings. The van der Waals surface area contributed by atoms with Gasteiger partial charge in [0.15, 0.2) is 11.5 Å². The summed E-state index contributed by atoms with van der Waals surface area (Å²) in [6.45, 7) is 0. The van der Waals surface area contributed by atoms with E-state index in [1.54, 1.807) is 36.4 Å². The van der Waals surface area contributed by atoms with Crippen LogP contribution in [-0.2, 0) is 20.8 Å². The third kappa shape index (κ3) is 4.85. The van der Waals surface area contributed by atoms with Gasteiger partial charge in [0.2, 0.25) is 0 Å². The molecule has 226 valence electrons. The normalized spacial score (nSPS) is 12.6. The van der Waals surface area contributed by atoms with E-state index < -0.39 is 20.8 Å². The van der Waals surface area contributed by atoms with E-state index in [2.05, 4.69) is 0 Å². The van der Waals surface area contributed by atoms with Crippen molar-refractivity contribution in [1.82, 2.24) is 0 Å². The van der Waals surface area contributed by atoms with E-state index in [4.69, 9.17) is 31.6 Å². The van der Waals surface area contributed by atoms with Crippen LogP contribution in [-0.4, -0.2) is 25.9 Å². The van der Waals surface area contributed by atoms with Gasteiger partial charge in [-0.25, -0.2) is 16.8 Å². The monoisotopic (exact) mass is 730 g/mol. The van der Waals surface area contributed by atoms with Crippen LogP contribution in [0.15, 0.2) is 84.9 Å². The minimum atomic E-state index is -5.20. The number of hydrogen-bond acceptors (Lipinski definition) is 8. The molecule has 48 heavy (non-hydrogen) atoms. The molecule has 0 radical (unpaired) electrons. The van der Waals surface area contributed by atoms with Crippen LogP contribution in [0.2, 0.25) is 10.0 Å². The Bertz CT molecular complexity index is 3040. The maximum atomic E-state index is 12.0. The maximum absolute atomic E-state index is 12.0. The minimum absolute atomic E-state index is 0. The van der Waals surface area contributed by atoms with Crippen LogP contribution in [0.3, 0.4) is 0 Å². The van der Waals surface area contributed by atoms with Crippen LogP contribution in [0.25, 0.3) is 86.2 Å². The Morgan fingerprint density at radius 3 is 1.23 bits per heavy atom. The second kappa shape index (κ2) is 11.6. The van der Waals surface area contributed by atoms with Crippen LogP contribution in [0.5, 0.6) is 11.5 Å². The summed E-state index contributed by atoms with van der Waals surface area (Å²) in [4.78, 5) is 0. The molecule has 0 saturated carbocycles. The largest absolute Gasteiger partial charge is 1.00 e. The van der Waals surface area contributed by atoms with E-state index in [1.807, 2.05) is 48.5 Å². The van der Waals surface area contributed by atoms with Gasteiger partial charge in [-0.1, -0.05) is 89.9 Å². The summed E-state index contributed by atoms with van der Waals surface area (Å²) in [5.41, 5.74) is 0. The Labute approximate surface area is 326 Å². The Kier molecular flexibility index (Phi) is 8.20. The zero-order chi connectivity index (χ0) is 31.9. The molecule has 0 unspecified atom stereocenters. The minimum Gasteiger partial charge on any atom is -0.716 e. The number of fused-ring (bicyclic) bond motifs is 6. The fourth-order valence-electron chi connectivity index (χ4n) is 7.29. The predicted molar refractivity (Wildman–Crippen MR) is 180 cm³/mol. The third-order valence-corrected chi connectivity index (χ3v) is 10.4. The molecule has 0 atom stereocenters. The summed E-state index contributed by atoms with van der Waals surface area (Å²) in [6.07, 6.45) is 0. The van der Waals surface area contributed by atoms with E-state index in [-0.39, 0.29) is 86.0 Å². The van der Waals surface area contributed by atoms with Crippen molar-refractivity contribution in [3.05, 3.63) is 95.0 Å². The van der Waals surface area contributed by atoms with Gasteiger partial charge < -0.3 is 17.5 Å². The van der Waals surface area contributed by atoms with Gasteiger partial charge in [-0.2, -0.15) is 0 Å². The van der Waals surface area contributed by atoms with E-state index in [1.165, 1.54) is 0 Å². The van der Waals surface area contributed by atoms with Crippen molar-refractivity contribution in [3.8, 4) is 11.5 Å². The third-order valence-electron chi connectivity index (χ3n) is 8.84. The molecule has 0 bridgehead atoms. The van der Waals surface area contributed by atoms with Crippen molar-refractivity contribution in [3.63, 3.8) is 0 Å². The van der Waals surface area contributed by atoms with Gasteiger partial charge in [-0.3, -0.25) is 0 Å².